The second kappa shape index (κ2) is 48.5. The fraction of sp³-hybridized carbons (Fsp3) is 0.942. The van der Waals surface area contributed by atoms with E-state index >= 15 is 0 Å². The highest BCUT2D eigenvalue weighted by Crippen LogP contribution is 2.17. The second-order valence-electron chi connectivity index (χ2n) is 17.9. The van der Waals surface area contributed by atoms with Crippen molar-refractivity contribution in [3.8, 4) is 0 Å². The first-order valence-electron chi connectivity index (χ1n) is 25.9. The summed E-state index contributed by atoms with van der Waals surface area (Å²) in [6.07, 6.45) is 61.8. The summed E-state index contributed by atoms with van der Waals surface area (Å²) in [5, 5.41) is 23.3. The van der Waals surface area contributed by atoms with Gasteiger partial charge in [0.15, 0.2) is 0 Å². The van der Waals surface area contributed by atoms with Crippen LogP contribution >= 0.6 is 0 Å². The lowest BCUT2D eigenvalue weighted by atomic mass is 10.0. The SMILES string of the molecule is CCCCCCCCCCCCCC/C=C\CCCCCCCCCCC(=O)NC(CO)C(O)CCCCCCCCCCCCCCCCCCCCCC. The van der Waals surface area contributed by atoms with Crippen LogP contribution in [-0.4, -0.2) is 34.9 Å². The van der Waals surface area contributed by atoms with Gasteiger partial charge in [-0.25, -0.2) is 0 Å². The van der Waals surface area contributed by atoms with Crippen molar-refractivity contribution in [1.82, 2.24) is 5.32 Å². The summed E-state index contributed by atoms with van der Waals surface area (Å²) in [7, 11) is 0. The van der Waals surface area contributed by atoms with Crippen LogP contribution in [0.5, 0.6) is 0 Å². The molecule has 0 rings (SSSR count). The van der Waals surface area contributed by atoms with E-state index in [1.165, 1.54) is 244 Å². The molecule has 0 saturated heterocycles. The normalized spacial score (nSPS) is 12.9. The van der Waals surface area contributed by atoms with Crippen molar-refractivity contribution in [3.63, 3.8) is 0 Å². The zero-order chi connectivity index (χ0) is 40.7. The van der Waals surface area contributed by atoms with E-state index in [4.69, 9.17) is 0 Å². The van der Waals surface area contributed by atoms with E-state index in [1.54, 1.807) is 0 Å². The lowest BCUT2D eigenvalue weighted by molar-refractivity contribution is -0.123. The van der Waals surface area contributed by atoms with Crippen LogP contribution in [0.15, 0.2) is 12.2 Å². The number of carbonyl (C=O) groups excluding carboxylic acids is 1. The molecule has 0 aliphatic rings. The standard InChI is InChI=1S/C52H103NO3/c1-3-5-7-9-11-13-15-17-19-21-23-25-26-27-28-30-32-34-36-38-40-42-44-46-48-52(56)53-50(49-54)51(55)47-45-43-41-39-37-35-33-31-29-24-22-20-18-16-14-12-10-8-6-4-2/h27-28,50-51,54-55H,3-26,29-49H2,1-2H3,(H,53,56)/b28-27-. The van der Waals surface area contributed by atoms with Gasteiger partial charge in [0.1, 0.15) is 0 Å². The number of hydrogen-bond donors (Lipinski definition) is 3. The molecule has 0 bridgehead atoms. The van der Waals surface area contributed by atoms with Crippen LogP contribution in [0.25, 0.3) is 0 Å². The Morgan fingerprint density at radius 3 is 0.982 bits per heavy atom. The Hall–Kier alpha value is -0.870. The highest BCUT2D eigenvalue weighted by Gasteiger charge is 2.20. The van der Waals surface area contributed by atoms with E-state index in [0.29, 0.717) is 12.8 Å². The third-order valence-corrected chi connectivity index (χ3v) is 12.3. The van der Waals surface area contributed by atoms with Gasteiger partial charge in [0.2, 0.25) is 5.91 Å². The minimum atomic E-state index is -0.658. The van der Waals surface area contributed by atoms with E-state index in [1.807, 2.05) is 0 Å². The van der Waals surface area contributed by atoms with Gasteiger partial charge in [-0.2, -0.15) is 0 Å². The minimum absolute atomic E-state index is 0.0292. The van der Waals surface area contributed by atoms with Crippen molar-refractivity contribution in [2.24, 2.45) is 0 Å². The Balaban J connectivity index is 3.46. The predicted octanol–water partition coefficient (Wildman–Crippen LogP) is 16.6. The third kappa shape index (κ3) is 44.2. The highest BCUT2D eigenvalue weighted by atomic mass is 16.3. The molecule has 0 aromatic heterocycles. The molecule has 2 atom stereocenters. The topological polar surface area (TPSA) is 69.6 Å². The average molecular weight is 790 g/mol. The maximum Gasteiger partial charge on any atom is 0.220 e. The summed E-state index contributed by atoms with van der Waals surface area (Å²) < 4.78 is 0. The van der Waals surface area contributed by atoms with Crippen LogP contribution in [0.4, 0.5) is 0 Å². The first-order valence-corrected chi connectivity index (χ1v) is 25.9. The van der Waals surface area contributed by atoms with Crippen LogP contribution < -0.4 is 5.32 Å². The molecular formula is C52H103NO3. The van der Waals surface area contributed by atoms with Crippen molar-refractivity contribution >= 4 is 5.91 Å². The number of aliphatic hydroxyl groups excluding tert-OH is 2. The van der Waals surface area contributed by atoms with Gasteiger partial charge in [-0.15, -0.1) is 0 Å². The molecular weight excluding hydrogens is 687 g/mol. The lowest BCUT2D eigenvalue weighted by Crippen LogP contribution is -2.45. The number of amides is 1. The van der Waals surface area contributed by atoms with Crippen LogP contribution in [0.2, 0.25) is 0 Å². The number of nitrogens with one attached hydrogen (secondary N) is 1. The van der Waals surface area contributed by atoms with Crippen LogP contribution in [0.1, 0.15) is 296 Å². The van der Waals surface area contributed by atoms with Crippen molar-refractivity contribution in [2.75, 3.05) is 6.61 Å². The van der Waals surface area contributed by atoms with Gasteiger partial charge >= 0.3 is 0 Å². The van der Waals surface area contributed by atoms with Crippen molar-refractivity contribution < 1.29 is 15.0 Å². The second-order valence-corrected chi connectivity index (χ2v) is 17.9. The Bertz CT molecular complexity index is 769. The Kier molecular flexibility index (Phi) is 47.7. The Morgan fingerprint density at radius 1 is 0.411 bits per heavy atom. The molecule has 3 N–H and O–H groups in total. The van der Waals surface area contributed by atoms with Gasteiger partial charge in [-0.05, 0) is 38.5 Å². The molecule has 0 heterocycles. The van der Waals surface area contributed by atoms with Crippen LogP contribution in [-0.2, 0) is 4.79 Å². The number of carbonyl (C=O) groups is 1. The molecule has 2 unspecified atom stereocenters. The van der Waals surface area contributed by atoms with Gasteiger partial charge in [0, 0.05) is 6.42 Å². The molecule has 0 spiro atoms. The van der Waals surface area contributed by atoms with E-state index < -0.39 is 12.1 Å². The molecule has 4 heteroatoms. The quantitative estimate of drug-likeness (QED) is 0.0425. The molecule has 0 aromatic carbocycles. The van der Waals surface area contributed by atoms with Gasteiger partial charge in [0.05, 0.1) is 18.8 Å². The molecule has 56 heavy (non-hydrogen) atoms. The average Bonchev–Trinajstić information content (AvgIpc) is 3.20. The highest BCUT2D eigenvalue weighted by molar-refractivity contribution is 5.76. The van der Waals surface area contributed by atoms with Crippen LogP contribution in [0, 0.1) is 0 Å². The first kappa shape index (κ1) is 55.1. The van der Waals surface area contributed by atoms with Crippen molar-refractivity contribution in [2.45, 2.75) is 309 Å². The van der Waals surface area contributed by atoms with Crippen LogP contribution in [0.3, 0.4) is 0 Å². The number of hydrogen-bond acceptors (Lipinski definition) is 3. The summed E-state index contributed by atoms with van der Waals surface area (Å²) in [6.45, 7) is 4.39. The summed E-state index contributed by atoms with van der Waals surface area (Å²) in [6, 6.07) is -0.535. The van der Waals surface area contributed by atoms with Gasteiger partial charge in [0.25, 0.3) is 0 Å². The van der Waals surface area contributed by atoms with E-state index in [2.05, 4.69) is 31.3 Å². The minimum Gasteiger partial charge on any atom is -0.394 e. The first-order chi connectivity index (χ1) is 27.7. The largest absolute Gasteiger partial charge is 0.394 e. The fourth-order valence-corrected chi connectivity index (χ4v) is 8.30. The van der Waals surface area contributed by atoms with E-state index in [9.17, 15) is 15.0 Å². The molecule has 0 saturated carbocycles. The summed E-state index contributed by atoms with van der Waals surface area (Å²) in [5.41, 5.74) is 0. The summed E-state index contributed by atoms with van der Waals surface area (Å²) >= 11 is 0. The molecule has 4 nitrogen and oxygen atoms in total. The lowest BCUT2D eigenvalue weighted by Gasteiger charge is -2.22. The van der Waals surface area contributed by atoms with Gasteiger partial charge in [-0.3, -0.25) is 4.79 Å². The maximum atomic E-state index is 12.5. The monoisotopic (exact) mass is 790 g/mol. The zero-order valence-corrected chi connectivity index (χ0v) is 38.4. The summed E-state index contributed by atoms with van der Waals surface area (Å²) in [5.74, 6) is -0.0292. The van der Waals surface area contributed by atoms with Crippen molar-refractivity contribution in [1.29, 1.82) is 0 Å². The number of rotatable bonds is 48. The van der Waals surface area contributed by atoms with Crippen molar-refractivity contribution in [3.05, 3.63) is 12.2 Å². The number of unbranched alkanes of at least 4 members (excludes halogenated alkanes) is 39. The Labute approximate surface area is 352 Å². The predicted molar refractivity (Wildman–Crippen MR) is 249 cm³/mol. The Morgan fingerprint density at radius 2 is 0.679 bits per heavy atom. The number of aliphatic hydroxyl groups is 2. The third-order valence-electron chi connectivity index (χ3n) is 12.3. The molecule has 334 valence electrons. The van der Waals surface area contributed by atoms with Gasteiger partial charge in [-0.1, -0.05) is 264 Å². The van der Waals surface area contributed by atoms with E-state index in [-0.39, 0.29) is 12.5 Å². The number of allylic oxidation sites excluding steroid dienone is 2. The molecule has 0 radical (unpaired) electrons. The van der Waals surface area contributed by atoms with Gasteiger partial charge < -0.3 is 15.5 Å². The molecule has 1 amide bonds. The molecule has 0 aromatic rings. The fourth-order valence-electron chi connectivity index (χ4n) is 8.30. The summed E-state index contributed by atoms with van der Waals surface area (Å²) in [4.78, 5) is 12.5. The smallest absolute Gasteiger partial charge is 0.220 e. The molecule has 0 aliphatic carbocycles. The maximum absolute atomic E-state index is 12.5. The molecule has 0 fully saturated rings. The zero-order valence-electron chi connectivity index (χ0n) is 38.4. The molecule has 0 aliphatic heterocycles. The van der Waals surface area contributed by atoms with E-state index in [0.717, 1.165) is 25.7 Å².